The quantitative estimate of drug-likeness (QED) is 0.836. The molecule has 21 heavy (non-hydrogen) atoms. The summed E-state index contributed by atoms with van der Waals surface area (Å²) in [6.45, 7) is 0. The Balaban J connectivity index is 1.79. The summed E-state index contributed by atoms with van der Waals surface area (Å²) < 4.78 is 0. The zero-order valence-corrected chi connectivity index (χ0v) is 12.6. The van der Waals surface area contributed by atoms with Crippen LogP contribution in [-0.2, 0) is 4.79 Å². The second-order valence-electron chi connectivity index (χ2n) is 5.70. The van der Waals surface area contributed by atoms with E-state index in [-0.39, 0.29) is 34.1 Å². The minimum atomic E-state index is -0.835. The Morgan fingerprint density at radius 3 is 2.43 bits per heavy atom. The number of carboxylic acid groups (broad SMARTS) is 1. The predicted octanol–water partition coefficient (Wildman–Crippen LogP) is 2.62. The topological polar surface area (TPSA) is 79.3 Å². The van der Waals surface area contributed by atoms with Crippen LogP contribution >= 0.6 is 23.2 Å². The van der Waals surface area contributed by atoms with Crippen molar-refractivity contribution in [2.75, 3.05) is 0 Å². The molecule has 5 nitrogen and oxygen atoms in total. The van der Waals surface area contributed by atoms with Gasteiger partial charge in [-0.3, -0.25) is 9.59 Å². The van der Waals surface area contributed by atoms with E-state index in [1.807, 2.05) is 0 Å². The van der Waals surface area contributed by atoms with Crippen LogP contribution in [0.5, 0.6) is 0 Å². The molecule has 2 N–H and O–H groups in total. The van der Waals surface area contributed by atoms with E-state index < -0.39 is 11.9 Å². The van der Waals surface area contributed by atoms with Gasteiger partial charge in [0.1, 0.15) is 10.3 Å². The molecule has 2 bridgehead atoms. The van der Waals surface area contributed by atoms with Crippen molar-refractivity contribution >= 4 is 35.1 Å². The van der Waals surface area contributed by atoms with E-state index in [2.05, 4.69) is 10.3 Å². The number of pyridine rings is 1. The highest BCUT2D eigenvalue weighted by Gasteiger charge is 2.51. The van der Waals surface area contributed by atoms with Crippen LogP contribution in [0, 0.1) is 17.8 Å². The van der Waals surface area contributed by atoms with Gasteiger partial charge in [0, 0.05) is 11.6 Å². The number of amides is 1. The SMILES string of the molecule is O=C(NC1C2CCC(C2)C1C(=O)O)c1cc(Cl)nc(Cl)c1. The molecular formula is C14H14Cl2N2O3. The third-order valence-corrected chi connectivity index (χ3v) is 4.91. The third kappa shape index (κ3) is 2.72. The van der Waals surface area contributed by atoms with Crippen molar-refractivity contribution in [2.24, 2.45) is 17.8 Å². The summed E-state index contributed by atoms with van der Waals surface area (Å²) in [4.78, 5) is 27.5. The molecule has 0 aromatic carbocycles. The van der Waals surface area contributed by atoms with Gasteiger partial charge in [-0.2, -0.15) is 0 Å². The number of carbonyl (C=O) groups excluding carboxylic acids is 1. The van der Waals surface area contributed by atoms with Gasteiger partial charge < -0.3 is 10.4 Å². The molecule has 2 aliphatic rings. The molecule has 1 amide bonds. The number of carboxylic acids is 1. The number of aromatic nitrogens is 1. The van der Waals surface area contributed by atoms with Gasteiger partial charge in [0.2, 0.25) is 0 Å². The number of carbonyl (C=O) groups is 2. The van der Waals surface area contributed by atoms with Gasteiger partial charge in [0.05, 0.1) is 5.92 Å². The molecule has 1 aromatic heterocycles. The number of hydrogen-bond acceptors (Lipinski definition) is 3. The van der Waals surface area contributed by atoms with E-state index >= 15 is 0 Å². The fraction of sp³-hybridized carbons (Fsp3) is 0.500. The number of halogens is 2. The first-order chi connectivity index (χ1) is 9.95. The minimum absolute atomic E-state index is 0.135. The van der Waals surface area contributed by atoms with Gasteiger partial charge in [-0.25, -0.2) is 4.98 Å². The van der Waals surface area contributed by atoms with Gasteiger partial charge in [-0.05, 0) is 43.2 Å². The Morgan fingerprint density at radius 2 is 1.81 bits per heavy atom. The molecule has 112 valence electrons. The van der Waals surface area contributed by atoms with Gasteiger partial charge in [-0.1, -0.05) is 23.2 Å². The van der Waals surface area contributed by atoms with Crippen LogP contribution in [0.15, 0.2) is 12.1 Å². The first-order valence-electron chi connectivity index (χ1n) is 6.82. The Kier molecular flexibility index (Phi) is 3.80. The van der Waals surface area contributed by atoms with Crippen molar-refractivity contribution in [1.29, 1.82) is 0 Å². The second-order valence-corrected chi connectivity index (χ2v) is 6.47. The van der Waals surface area contributed by atoms with Crippen LogP contribution in [0.4, 0.5) is 0 Å². The number of fused-ring (bicyclic) bond motifs is 2. The Labute approximate surface area is 131 Å². The number of rotatable bonds is 3. The minimum Gasteiger partial charge on any atom is -0.481 e. The van der Waals surface area contributed by atoms with E-state index in [1.165, 1.54) is 12.1 Å². The van der Waals surface area contributed by atoms with Crippen LogP contribution in [0.2, 0.25) is 10.3 Å². The van der Waals surface area contributed by atoms with E-state index in [0.29, 0.717) is 5.56 Å². The number of nitrogens with one attached hydrogen (secondary N) is 1. The average Bonchev–Trinajstić information content (AvgIpc) is 2.97. The fourth-order valence-corrected chi connectivity index (χ4v) is 4.15. The molecule has 1 aromatic rings. The molecule has 4 atom stereocenters. The molecule has 3 rings (SSSR count). The fourth-order valence-electron chi connectivity index (χ4n) is 3.69. The highest BCUT2D eigenvalue weighted by Crippen LogP contribution is 2.48. The zero-order chi connectivity index (χ0) is 15.1. The van der Waals surface area contributed by atoms with Crippen LogP contribution in [0.1, 0.15) is 29.6 Å². The summed E-state index contributed by atoms with van der Waals surface area (Å²) in [5.41, 5.74) is 0.298. The van der Waals surface area contributed by atoms with E-state index in [4.69, 9.17) is 23.2 Å². The zero-order valence-electron chi connectivity index (χ0n) is 11.1. The van der Waals surface area contributed by atoms with Gasteiger partial charge in [-0.15, -0.1) is 0 Å². The molecule has 4 unspecified atom stereocenters. The van der Waals surface area contributed by atoms with Crippen molar-refractivity contribution in [2.45, 2.75) is 25.3 Å². The van der Waals surface area contributed by atoms with Gasteiger partial charge in [0.15, 0.2) is 0 Å². The normalized spacial score (nSPS) is 30.4. The van der Waals surface area contributed by atoms with Crippen molar-refractivity contribution < 1.29 is 14.7 Å². The first kappa shape index (κ1) is 14.6. The van der Waals surface area contributed by atoms with E-state index in [9.17, 15) is 14.7 Å². The monoisotopic (exact) mass is 328 g/mol. The maximum atomic E-state index is 12.3. The Morgan fingerprint density at radius 1 is 1.19 bits per heavy atom. The Hall–Kier alpha value is -1.33. The van der Waals surface area contributed by atoms with Gasteiger partial charge >= 0.3 is 5.97 Å². The third-order valence-electron chi connectivity index (χ3n) is 4.52. The van der Waals surface area contributed by atoms with Crippen LogP contribution in [-0.4, -0.2) is 28.0 Å². The van der Waals surface area contributed by atoms with Crippen LogP contribution < -0.4 is 5.32 Å². The number of aliphatic carboxylic acids is 1. The summed E-state index contributed by atoms with van der Waals surface area (Å²) in [5.74, 6) is -1.28. The molecule has 0 saturated heterocycles. The number of hydrogen-bond donors (Lipinski definition) is 2. The second kappa shape index (κ2) is 5.46. The lowest BCUT2D eigenvalue weighted by atomic mass is 9.84. The number of nitrogens with zero attached hydrogens (tertiary/aromatic N) is 1. The lowest BCUT2D eigenvalue weighted by molar-refractivity contribution is -0.144. The smallest absolute Gasteiger partial charge is 0.308 e. The first-order valence-corrected chi connectivity index (χ1v) is 7.58. The predicted molar refractivity (Wildman–Crippen MR) is 77.5 cm³/mol. The summed E-state index contributed by atoms with van der Waals surface area (Å²) >= 11 is 11.6. The average molecular weight is 329 g/mol. The lowest BCUT2D eigenvalue weighted by Crippen LogP contribution is -2.46. The highest BCUT2D eigenvalue weighted by atomic mass is 35.5. The van der Waals surface area contributed by atoms with Crippen molar-refractivity contribution in [1.82, 2.24) is 10.3 Å². The molecule has 1 heterocycles. The van der Waals surface area contributed by atoms with Crippen molar-refractivity contribution in [3.63, 3.8) is 0 Å². The molecule has 0 radical (unpaired) electrons. The van der Waals surface area contributed by atoms with Crippen LogP contribution in [0.25, 0.3) is 0 Å². The largest absolute Gasteiger partial charge is 0.481 e. The standard InChI is InChI=1S/C14H14Cl2N2O3/c15-9-4-8(5-10(16)17-9)13(19)18-12-7-2-1-6(3-7)11(12)14(20)21/h4-7,11-12H,1-3H2,(H,18,19)(H,20,21). The van der Waals surface area contributed by atoms with E-state index in [1.54, 1.807) is 0 Å². The molecule has 0 aliphatic heterocycles. The molecule has 0 spiro atoms. The van der Waals surface area contributed by atoms with Crippen molar-refractivity contribution in [3.8, 4) is 0 Å². The summed E-state index contributed by atoms with van der Waals surface area (Å²) in [5, 5.41) is 12.5. The van der Waals surface area contributed by atoms with Gasteiger partial charge in [0.25, 0.3) is 5.91 Å². The van der Waals surface area contributed by atoms with Crippen LogP contribution in [0.3, 0.4) is 0 Å². The Bertz CT molecular complexity index is 588. The van der Waals surface area contributed by atoms with Crippen molar-refractivity contribution in [3.05, 3.63) is 28.0 Å². The molecule has 2 saturated carbocycles. The molecule has 7 heteroatoms. The maximum absolute atomic E-state index is 12.3. The maximum Gasteiger partial charge on any atom is 0.308 e. The van der Waals surface area contributed by atoms with E-state index in [0.717, 1.165) is 19.3 Å². The summed E-state index contributed by atoms with van der Waals surface area (Å²) in [6.07, 6.45) is 2.78. The highest BCUT2D eigenvalue weighted by molar-refractivity contribution is 6.33. The lowest BCUT2D eigenvalue weighted by Gasteiger charge is -2.28. The summed E-state index contributed by atoms with van der Waals surface area (Å²) in [6, 6.07) is 2.52. The summed E-state index contributed by atoms with van der Waals surface area (Å²) in [7, 11) is 0. The molecule has 2 fully saturated rings. The molecule has 2 aliphatic carbocycles. The molecular weight excluding hydrogens is 315 g/mol.